The number of benzene rings is 1. The van der Waals surface area contributed by atoms with Crippen molar-refractivity contribution in [3.05, 3.63) is 67.1 Å². The molecular weight excluding hydrogens is 348 g/mol. The van der Waals surface area contributed by atoms with Crippen molar-refractivity contribution in [1.29, 1.82) is 0 Å². The first-order chi connectivity index (χ1) is 13.0. The smallest absolute Gasteiger partial charge is 0.328 e. The van der Waals surface area contributed by atoms with Crippen LogP contribution in [0.15, 0.2) is 67.1 Å². The molecule has 0 fully saturated rings. The van der Waals surface area contributed by atoms with E-state index in [0.29, 0.717) is 12.2 Å². The molecule has 27 heavy (non-hydrogen) atoms. The molecule has 0 amide bonds. The lowest BCUT2D eigenvalue weighted by Crippen LogP contribution is -2.31. The summed E-state index contributed by atoms with van der Waals surface area (Å²) in [5, 5.41) is 23.5. The Kier molecular flexibility index (Phi) is 7.07. The van der Waals surface area contributed by atoms with Gasteiger partial charge in [-0.2, -0.15) is 9.89 Å². The number of hydrogen-bond donors (Lipinski definition) is 2. The van der Waals surface area contributed by atoms with Gasteiger partial charge in [0.15, 0.2) is 0 Å². The fourth-order valence-corrected chi connectivity index (χ4v) is 2.35. The largest absolute Gasteiger partial charge is 0.478 e. The number of pyridine rings is 1. The van der Waals surface area contributed by atoms with Gasteiger partial charge < -0.3 is 10.2 Å². The summed E-state index contributed by atoms with van der Waals surface area (Å²) in [5.74, 6) is -2.51. The van der Waals surface area contributed by atoms with Gasteiger partial charge in [-0.05, 0) is 24.6 Å². The molecule has 0 aliphatic heterocycles. The molecule has 0 spiro atoms. The van der Waals surface area contributed by atoms with E-state index in [4.69, 9.17) is 10.2 Å². The van der Waals surface area contributed by atoms with Crippen LogP contribution in [-0.2, 0) is 9.59 Å². The van der Waals surface area contributed by atoms with E-state index in [2.05, 4.69) is 34.1 Å². The number of carboxylic acids is 2. The number of hydrogen-bond acceptors (Lipinski definition) is 5. The minimum absolute atomic E-state index is 0.558. The van der Waals surface area contributed by atoms with Gasteiger partial charge in [0, 0.05) is 36.5 Å². The third kappa shape index (κ3) is 5.67. The van der Waals surface area contributed by atoms with Crippen LogP contribution in [0, 0.1) is 0 Å². The fourth-order valence-electron chi connectivity index (χ4n) is 2.35. The molecule has 0 unspecified atom stereocenters. The molecule has 0 saturated heterocycles. The van der Waals surface area contributed by atoms with Gasteiger partial charge >= 0.3 is 11.9 Å². The number of aromatic nitrogens is 3. The highest BCUT2D eigenvalue weighted by Gasteiger charge is 2.11. The molecule has 140 valence electrons. The molecule has 8 nitrogen and oxygen atoms in total. The van der Waals surface area contributed by atoms with Gasteiger partial charge in [-0.15, -0.1) is 0 Å². The Hall–Kier alpha value is -3.68. The van der Waals surface area contributed by atoms with Crippen molar-refractivity contribution in [3.63, 3.8) is 0 Å². The van der Waals surface area contributed by atoms with Crippen molar-refractivity contribution in [2.45, 2.75) is 13.3 Å². The first kappa shape index (κ1) is 19.6. The van der Waals surface area contributed by atoms with E-state index in [1.165, 1.54) is 0 Å². The molecule has 2 N–H and O–H groups in total. The molecule has 3 rings (SSSR count). The van der Waals surface area contributed by atoms with Gasteiger partial charge in [-0.3, -0.25) is 9.99 Å². The van der Waals surface area contributed by atoms with Crippen LogP contribution in [0.25, 0.3) is 10.9 Å². The lowest BCUT2D eigenvalue weighted by atomic mass is 10.3. The Balaban J connectivity index is 0.000000279. The van der Waals surface area contributed by atoms with Crippen LogP contribution in [-0.4, -0.2) is 43.6 Å². The van der Waals surface area contributed by atoms with Crippen molar-refractivity contribution in [1.82, 2.24) is 14.9 Å². The lowest BCUT2D eigenvalue weighted by molar-refractivity contribution is -0.134. The van der Waals surface area contributed by atoms with E-state index in [-0.39, 0.29) is 0 Å². The maximum Gasteiger partial charge on any atom is 0.328 e. The highest BCUT2D eigenvalue weighted by atomic mass is 16.4. The number of carboxylic acid groups (broad SMARTS) is 2. The molecule has 0 aliphatic rings. The van der Waals surface area contributed by atoms with Crippen molar-refractivity contribution < 1.29 is 19.8 Å². The zero-order chi connectivity index (χ0) is 19.6. The van der Waals surface area contributed by atoms with E-state index >= 15 is 0 Å². The summed E-state index contributed by atoms with van der Waals surface area (Å²) in [4.78, 5) is 25.1. The third-order valence-electron chi connectivity index (χ3n) is 3.45. The molecule has 0 saturated carbocycles. The average molecular weight is 368 g/mol. The van der Waals surface area contributed by atoms with Gasteiger partial charge in [0.1, 0.15) is 0 Å². The van der Waals surface area contributed by atoms with Gasteiger partial charge in [-0.25, -0.2) is 9.59 Å². The van der Waals surface area contributed by atoms with E-state index in [1.54, 1.807) is 0 Å². The Bertz CT molecular complexity index is 906. The van der Waals surface area contributed by atoms with Crippen molar-refractivity contribution >= 4 is 28.5 Å². The molecule has 1 aromatic carbocycles. The molecule has 0 bridgehead atoms. The molecule has 0 aliphatic carbocycles. The summed E-state index contributed by atoms with van der Waals surface area (Å²) < 4.78 is 0. The Labute approximate surface area is 156 Å². The van der Waals surface area contributed by atoms with Crippen LogP contribution in [0.3, 0.4) is 0 Å². The summed E-state index contributed by atoms with van der Waals surface area (Å²) in [6.45, 7) is 3.08. The third-order valence-corrected chi connectivity index (χ3v) is 3.45. The quantitative estimate of drug-likeness (QED) is 0.644. The lowest BCUT2D eigenvalue weighted by Gasteiger charge is -2.24. The Morgan fingerprint density at radius 2 is 1.70 bits per heavy atom. The molecule has 0 atom stereocenters. The van der Waals surface area contributed by atoms with Crippen molar-refractivity contribution in [2.24, 2.45) is 0 Å². The SMILES string of the molecule is CCCN(c1ccncc1)n1ncc2ccccc21.O=C(O)C=CC(=O)O. The second-order valence-corrected chi connectivity index (χ2v) is 5.43. The Morgan fingerprint density at radius 1 is 1.07 bits per heavy atom. The topological polar surface area (TPSA) is 109 Å². The van der Waals surface area contributed by atoms with Crippen LogP contribution < -0.4 is 5.01 Å². The summed E-state index contributed by atoms with van der Waals surface area (Å²) in [6, 6.07) is 12.3. The zero-order valence-corrected chi connectivity index (χ0v) is 14.8. The number of nitrogens with zero attached hydrogens (tertiary/aromatic N) is 4. The minimum Gasteiger partial charge on any atom is -0.478 e. The van der Waals surface area contributed by atoms with Crippen LogP contribution in [0.5, 0.6) is 0 Å². The molecular formula is C19H20N4O4. The second kappa shape index (κ2) is 9.71. The van der Waals surface area contributed by atoms with Gasteiger partial charge in [0.05, 0.1) is 17.4 Å². The maximum absolute atomic E-state index is 9.55. The van der Waals surface area contributed by atoms with E-state index in [9.17, 15) is 9.59 Å². The van der Waals surface area contributed by atoms with Crippen LogP contribution in [0.4, 0.5) is 5.69 Å². The monoisotopic (exact) mass is 368 g/mol. The zero-order valence-electron chi connectivity index (χ0n) is 14.8. The second-order valence-electron chi connectivity index (χ2n) is 5.43. The predicted octanol–water partition coefficient (Wildman–Crippen LogP) is 2.82. The number of anilines is 1. The van der Waals surface area contributed by atoms with Crippen LogP contribution >= 0.6 is 0 Å². The summed E-state index contributed by atoms with van der Waals surface area (Å²) in [5.41, 5.74) is 2.22. The molecule has 2 heterocycles. The molecule has 0 radical (unpaired) electrons. The van der Waals surface area contributed by atoms with Crippen molar-refractivity contribution in [3.8, 4) is 0 Å². The predicted molar refractivity (Wildman–Crippen MR) is 101 cm³/mol. The summed E-state index contributed by atoms with van der Waals surface area (Å²) in [6.07, 6.45) is 7.69. The van der Waals surface area contributed by atoms with E-state index in [0.717, 1.165) is 29.6 Å². The number of carbonyl (C=O) groups is 2. The number of aliphatic carboxylic acids is 2. The first-order valence-electron chi connectivity index (χ1n) is 8.27. The van der Waals surface area contributed by atoms with Crippen molar-refractivity contribution in [2.75, 3.05) is 11.6 Å². The minimum atomic E-state index is -1.26. The average Bonchev–Trinajstić information content (AvgIpc) is 3.09. The molecule has 2 aromatic heterocycles. The summed E-state index contributed by atoms with van der Waals surface area (Å²) in [7, 11) is 0. The fraction of sp³-hybridized carbons (Fsp3) is 0.158. The van der Waals surface area contributed by atoms with Crippen LogP contribution in [0.2, 0.25) is 0 Å². The van der Waals surface area contributed by atoms with Gasteiger partial charge in [0.25, 0.3) is 0 Å². The highest BCUT2D eigenvalue weighted by molar-refractivity contribution is 5.89. The Morgan fingerprint density at radius 3 is 2.30 bits per heavy atom. The maximum atomic E-state index is 9.55. The number of rotatable bonds is 6. The number of para-hydroxylation sites is 1. The van der Waals surface area contributed by atoms with E-state index in [1.807, 2.05) is 47.6 Å². The standard InChI is InChI=1S/C15H16N4.C4H4O4/c1-2-11-18(14-7-9-16-10-8-14)19-15-6-4-3-5-13(15)12-17-19;5-3(6)1-2-4(7)8/h3-10,12H,2,11H2,1H3;1-2H,(H,5,6)(H,7,8). The van der Waals surface area contributed by atoms with Gasteiger partial charge in [-0.1, -0.05) is 25.1 Å². The number of fused-ring (bicyclic) bond motifs is 1. The molecule has 8 heteroatoms. The van der Waals surface area contributed by atoms with Gasteiger partial charge in [0.2, 0.25) is 0 Å². The van der Waals surface area contributed by atoms with E-state index < -0.39 is 11.9 Å². The molecule has 3 aromatic rings. The first-order valence-corrected chi connectivity index (χ1v) is 8.27. The normalized spacial score (nSPS) is 10.4. The van der Waals surface area contributed by atoms with Crippen LogP contribution in [0.1, 0.15) is 13.3 Å². The highest BCUT2D eigenvalue weighted by Crippen LogP contribution is 2.19. The summed E-state index contributed by atoms with van der Waals surface area (Å²) >= 11 is 0.